The molecular formula is C32H32N6O2. The molecule has 0 fully saturated rings. The molecule has 0 spiro atoms. The Hall–Kier alpha value is -4.98. The first-order valence-corrected chi connectivity index (χ1v) is 13.2. The summed E-state index contributed by atoms with van der Waals surface area (Å²) in [6, 6.07) is 21.7. The summed E-state index contributed by atoms with van der Waals surface area (Å²) in [5.41, 5.74) is 12.8. The summed E-state index contributed by atoms with van der Waals surface area (Å²) in [5.74, 6) is 0.302. The van der Waals surface area contributed by atoms with Crippen molar-refractivity contribution in [1.29, 1.82) is 0 Å². The Morgan fingerprint density at radius 2 is 1.62 bits per heavy atom. The average Bonchev–Trinajstić information content (AvgIpc) is 3.42. The topological polar surface area (TPSA) is 115 Å². The zero-order valence-corrected chi connectivity index (χ0v) is 22.6. The Labute approximate surface area is 233 Å². The molecule has 3 aromatic carbocycles. The predicted molar refractivity (Wildman–Crippen MR) is 157 cm³/mol. The number of nitrogens with one attached hydrogen (secondary N) is 2. The van der Waals surface area contributed by atoms with E-state index in [1.54, 1.807) is 23.3 Å². The highest BCUT2D eigenvalue weighted by Crippen LogP contribution is 2.27. The minimum Gasteiger partial charge on any atom is -0.383 e. The lowest BCUT2D eigenvalue weighted by Gasteiger charge is -2.14. The predicted octanol–water partition coefficient (Wildman–Crippen LogP) is 4.47. The number of fused-ring (bicyclic) bond motifs is 1. The molecule has 202 valence electrons. The third-order valence-corrected chi connectivity index (χ3v) is 7.10. The fourth-order valence-electron chi connectivity index (χ4n) is 4.83. The van der Waals surface area contributed by atoms with E-state index in [-0.39, 0.29) is 11.8 Å². The number of aryl methyl sites for hydroxylation is 2. The molecule has 8 nitrogen and oxygen atoms in total. The van der Waals surface area contributed by atoms with Gasteiger partial charge in [0.1, 0.15) is 5.82 Å². The second-order valence-corrected chi connectivity index (χ2v) is 9.95. The van der Waals surface area contributed by atoms with E-state index in [9.17, 15) is 9.59 Å². The summed E-state index contributed by atoms with van der Waals surface area (Å²) in [7, 11) is 0. The molecule has 0 aliphatic rings. The van der Waals surface area contributed by atoms with Crippen LogP contribution in [0.3, 0.4) is 0 Å². The van der Waals surface area contributed by atoms with Crippen LogP contribution in [0.15, 0.2) is 85.3 Å². The second-order valence-electron chi connectivity index (χ2n) is 9.95. The first kappa shape index (κ1) is 26.6. The van der Waals surface area contributed by atoms with Crippen LogP contribution in [0.5, 0.6) is 0 Å². The van der Waals surface area contributed by atoms with Crippen LogP contribution in [0.25, 0.3) is 10.8 Å². The van der Waals surface area contributed by atoms with Gasteiger partial charge in [-0.05, 0) is 64.7 Å². The van der Waals surface area contributed by atoms with Crippen molar-refractivity contribution in [1.82, 2.24) is 25.4 Å². The second kappa shape index (κ2) is 11.8. The molecule has 2 amide bonds. The van der Waals surface area contributed by atoms with E-state index in [0.29, 0.717) is 37.4 Å². The Morgan fingerprint density at radius 1 is 0.875 bits per heavy atom. The highest BCUT2D eigenvalue weighted by molar-refractivity contribution is 5.95. The maximum atomic E-state index is 12.9. The Balaban J connectivity index is 1.15. The Morgan fingerprint density at radius 3 is 2.40 bits per heavy atom. The zero-order valence-electron chi connectivity index (χ0n) is 22.6. The standard InChI is InChI=1S/C32H32N6O2/c1-21-14-28-27(12-13-34-31(28)33)22(2)29(21)18-36-32(40)26-17-37-38(20-26)19-25-10-8-23(9-11-25)15-30(39)35-16-24-6-4-3-5-7-24/h3-14,17,20H,15-16,18-19H2,1-2H3,(H2,33,34)(H,35,39)(H,36,40). The molecule has 0 atom stereocenters. The van der Waals surface area contributed by atoms with Crippen molar-refractivity contribution in [3.05, 3.63) is 124 Å². The van der Waals surface area contributed by atoms with Crippen molar-refractivity contribution in [3.63, 3.8) is 0 Å². The number of hydrogen-bond donors (Lipinski definition) is 3. The van der Waals surface area contributed by atoms with Crippen LogP contribution in [0.1, 0.15) is 43.7 Å². The van der Waals surface area contributed by atoms with Crippen molar-refractivity contribution < 1.29 is 9.59 Å². The quantitative estimate of drug-likeness (QED) is 0.259. The average molecular weight is 533 g/mol. The van der Waals surface area contributed by atoms with Crippen molar-refractivity contribution in [3.8, 4) is 0 Å². The molecule has 0 aliphatic carbocycles. The molecule has 0 saturated carbocycles. The van der Waals surface area contributed by atoms with Gasteiger partial charge < -0.3 is 16.4 Å². The van der Waals surface area contributed by atoms with Crippen LogP contribution < -0.4 is 16.4 Å². The molecule has 4 N–H and O–H groups in total. The van der Waals surface area contributed by atoms with Crippen molar-refractivity contribution in [2.75, 3.05) is 5.73 Å². The number of nitrogens with two attached hydrogens (primary N) is 1. The van der Waals surface area contributed by atoms with Crippen LogP contribution in [-0.2, 0) is 30.8 Å². The van der Waals surface area contributed by atoms with E-state index in [0.717, 1.165) is 44.2 Å². The van der Waals surface area contributed by atoms with Crippen molar-refractivity contribution in [2.45, 2.75) is 39.9 Å². The number of amides is 2. The van der Waals surface area contributed by atoms with Gasteiger partial charge in [-0.15, -0.1) is 0 Å². The fourth-order valence-corrected chi connectivity index (χ4v) is 4.83. The van der Waals surface area contributed by atoms with Gasteiger partial charge in [0, 0.05) is 30.9 Å². The summed E-state index contributed by atoms with van der Waals surface area (Å²) >= 11 is 0. The number of nitrogen functional groups attached to an aromatic ring is 1. The molecule has 5 aromatic rings. The van der Waals surface area contributed by atoms with Gasteiger partial charge in [-0.25, -0.2) is 4.98 Å². The van der Waals surface area contributed by atoms with Gasteiger partial charge in [-0.3, -0.25) is 14.3 Å². The third kappa shape index (κ3) is 6.18. The number of hydrogen-bond acceptors (Lipinski definition) is 5. The number of carbonyl (C=O) groups is 2. The molecule has 8 heteroatoms. The van der Waals surface area contributed by atoms with E-state index in [1.807, 2.05) is 80.6 Å². The number of rotatable bonds is 9. The third-order valence-electron chi connectivity index (χ3n) is 7.10. The number of anilines is 1. The summed E-state index contributed by atoms with van der Waals surface area (Å²) < 4.78 is 1.73. The Bertz CT molecular complexity index is 1660. The maximum absolute atomic E-state index is 12.9. The van der Waals surface area contributed by atoms with Gasteiger partial charge in [0.2, 0.25) is 5.91 Å². The minimum atomic E-state index is -0.184. The molecule has 0 radical (unpaired) electrons. The fraction of sp³-hybridized carbons (Fsp3) is 0.188. The lowest BCUT2D eigenvalue weighted by Crippen LogP contribution is -2.24. The van der Waals surface area contributed by atoms with Gasteiger partial charge >= 0.3 is 0 Å². The largest absolute Gasteiger partial charge is 0.383 e. The SMILES string of the molecule is Cc1cc2c(N)nccc2c(C)c1CNC(=O)c1cnn(Cc2ccc(CC(=O)NCc3ccccc3)cc2)c1. The zero-order chi connectivity index (χ0) is 28.1. The molecule has 2 heterocycles. The molecule has 0 unspecified atom stereocenters. The Kier molecular flexibility index (Phi) is 7.87. The molecule has 5 rings (SSSR count). The van der Waals surface area contributed by atoms with Crippen LogP contribution in [0.4, 0.5) is 5.82 Å². The molecule has 0 aliphatic heterocycles. The lowest BCUT2D eigenvalue weighted by atomic mass is 9.96. The molecule has 0 saturated heterocycles. The minimum absolute atomic E-state index is 0.0189. The number of nitrogens with zero attached hydrogens (tertiary/aromatic N) is 3. The highest BCUT2D eigenvalue weighted by Gasteiger charge is 2.13. The molecular weight excluding hydrogens is 500 g/mol. The van der Waals surface area contributed by atoms with Crippen molar-refractivity contribution >= 4 is 28.4 Å². The highest BCUT2D eigenvalue weighted by atomic mass is 16.2. The molecule has 2 aromatic heterocycles. The van der Waals surface area contributed by atoms with Crippen LogP contribution in [-0.4, -0.2) is 26.6 Å². The number of aromatic nitrogens is 3. The summed E-state index contributed by atoms with van der Waals surface area (Å²) in [6.07, 6.45) is 5.34. The first-order chi connectivity index (χ1) is 19.4. The van der Waals surface area contributed by atoms with Gasteiger partial charge in [0.05, 0.1) is 24.7 Å². The van der Waals surface area contributed by atoms with Crippen LogP contribution >= 0.6 is 0 Å². The van der Waals surface area contributed by atoms with E-state index < -0.39 is 0 Å². The van der Waals surface area contributed by atoms with Crippen LogP contribution in [0.2, 0.25) is 0 Å². The number of pyridine rings is 1. The maximum Gasteiger partial charge on any atom is 0.254 e. The van der Waals surface area contributed by atoms with E-state index >= 15 is 0 Å². The summed E-state index contributed by atoms with van der Waals surface area (Å²) in [5, 5.41) is 12.3. The van der Waals surface area contributed by atoms with Gasteiger partial charge in [-0.1, -0.05) is 54.6 Å². The van der Waals surface area contributed by atoms with Gasteiger partial charge in [0.15, 0.2) is 0 Å². The number of benzene rings is 3. The van der Waals surface area contributed by atoms with E-state index in [1.165, 1.54) is 0 Å². The lowest BCUT2D eigenvalue weighted by molar-refractivity contribution is -0.120. The van der Waals surface area contributed by atoms with Gasteiger partial charge in [-0.2, -0.15) is 5.10 Å². The number of carbonyl (C=O) groups excluding carboxylic acids is 2. The monoisotopic (exact) mass is 532 g/mol. The molecule has 0 bridgehead atoms. The summed E-state index contributed by atoms with van der Waals surface area (Å²) in [4.78, 5) is 29.4. The summed E-state index contributed by atoms with van der Waals surface area (Å²) in [6.45, 7) is 5.49. The smallest absolute Gasteiger partial charge is 0.254 e. The van der Waals surface area contributed by atoms with E-state index in [4.69, 9.17) is 5.73 Å². The molecule has 40 heavy (non-hydrogen) atoms. The van der Waals surface area contributed by atoms with E-state index in [2.05, 4.69) is 20.7 Å². The van der Waals surface area contributed by atoms with Crippen LogP contribution in [0, 0.1) is 13.8 Å². The van der Waals surface area contributed by atoms with Gasteiger partial charge in [0.25, 0.3) is 5.91 Å². The normalized spacial score (nSPS) is 10.9. The first-order valence-electron chi connectivity index (χ1n) is 13.2. The van der Waals surface area contributed by atoms with Crippen molar-refractivity contribution in [2.24, 2.45) is 0 Å².